The summed E-state index contributed by atoms with van der Waals surface area (Å²) in [4.78, 5) is 47.3. The Morgan fingerprint density at radius 2 is 2.00 bits per heavy atom. The number of carbonyl (C=O) groups excluding carboxylic acids is 3. The molecular weight excluding hydrogens is 523 g/mol. The molecule has 35 heavy (non-hydrogen) atoms. The Kier molecular flexibility index (Phi) is 6.81. The van der Waals surface area contributed by atoms with Crippen LogP contribution in [-0.4, -0.2) is 50.7 Å². The second-order valence-electron chi connectivity index (χ2n) is 9.80. The summed E-state index contributed by atoms with van der Waals surface area (Å²) in [5, 5.41) is 2.81. The van der Waals surface area contributed by atoms with Gasteiger partial charge in [0.25, 0.3) is 5.91 Å². The molecule has 0 radical (unpaired) electrons. The van der Waals surface area contributed by atoms with Gasteiger partial charge in [0.1, 0.15) is 22.0 Å². The molecule has 3 amide bonds. The van der Waals surface area contributed by atoms with Gasteiger partial charge in [-0.25, -0.2) is 23.9 Å². The lowest BCUT2D eigenvalue weighted by Gasteiger charge is -2.37. The third-order valence-corrected chi connectivity index (χ3v) is 6.61. The molecular formula is C24H26BrFN4O5. The van der Waals surface area contributed by atoms with Crippen LogP contribution in [0.1, 0.15) is 62.5 Å². The Morgan fingerprint density at radius 3 is 2.69 bits per heavy atom. The van der Waals surface area contributed by atoms with Crippen molar-refractivity contribution in [2.45, 2.75) is 64.2 Å². The van der Waals surface area contributed by atoms with Gasteiger partial charge in [-0.15, -0.1) is 0 Å². The number of hydrogen-bond donors (Lipinski definition) is 1. The molecule has 0 spiro atoms. The van der Waals surface area contributed by atoms with Crippen molar-refractivity contribution < 1.29 is 28.2 Å². The van der Waals surface area contributed by atoms with Crippen LogP contribution in [0, 0.1) is 11.7 Å². The van der Waals surface area contributed by atoms with E-state index in [2.05, 4.69) is 31.2 Å². The number of pyridine rings is 2. The number of ether oxygens (including phenoxy) is 2. The van der Waals surface area contributed by atoms with Crippen molar-refractivity contribution >= 4 is 39.7 Å². The molecule has 2 fully saturated rings. The minimum atomic E-state index is -0.763. The van der Waals surface area contributed by atoms with E-state index < -0.39 is 41.7 Å². The fourth-order valence-electron chi connectivity index (χ4n) is 4.61. The first-order valence-corrected chi connectivity index (χ1v) is 12.0. The van der Waals surface area contributed by atoms with E-state index in [-0.39, 0.29) is 22.1 Å². The molecule has 2 aromatic rings. The standard InChI is InChI=1S/C24H26BrFN4O5/c1-12-9-13(10-18-19(12)34-22(32)30(18)23(33)35-24(2,3)4)14-7-8-27-11-17(14)29-21(31)16-6-5-15(26)20(25)28-16/h5-8,11-13,18-19H,9-10H2,1-4H3,(H,29,31)/t12-,13+,18+,19-/m0/s1. The van der Waals surface area contributed by atoms with E-state index in [0.717, 1.165) is 16.5 Å². The van der Waals surface area contributed by atoms with Crippen molar-refractivity contribution in [2.24, 2.45) is 5.92 Å². The molecule has 2 aromatic heterocycles. The molecule has 1 aliphatic heterocycles. The average molecular weight is 549 g/mol. The maximum atomic E-state index is 13.5. The van der Waals surface area contributed by atoms with E-state index in [1.54, 1.807) is 33.0 Å². The van der Waals surface area contributed by atoms with E-state index in [0.29, 0.717) is 18.5 Å². The van der Waals surface area contributed by atoms with Crippen LogP contribution in [0.3, 0.4) is 0 Å². The highest BCUT2D eigenvalue weighted by Gasteiger charge is 2.52. The smallest absolute Gasteiger partial charge is 0.420 e. The molecule has 3 heterocycles. The van der Waals surface area contributed by atoms with Gasteiger partial charge in [-0.1, -0.05) is 6.92 Å². The van der Waals surface area contributed by atoms with Gasteiger partial charge in [-0.05, 0) is 85.1 Å². The summed E-state index contributed by atoms with van der Waals surface area (Å²) in [6, 6.07) is 3.74. The Morgan fingerprint density at radius 1 is 1.26 bits per heavy atom. The number of fused-ring (bicyclic) bond motifs is 1. The van der Waals surface area contributed by atoms with Gasteiger partial charge in [0.2, 0.25) is 0 Å². The van der Waals surface area contributed by atoms with E-state index in [1.165, 1.54) is 12.3 Å². The number of rotatable bonds is 3. The number of nitrogens with one attached hydrogen (secondary N) is 1. The first-order valence-electron chi connectivity index (χ1n) is 11.2. The first-order chi connectivity index (χ1) is 16.4. The molecule has 0 unspecified atom stereocenters. The zero-order valence-corrected chi connectivity index (χ0v) is 21.3. The van der Waals surface area contributed by atoms with Gasteiger partial charge in [0, 0.05) is 6.20 Å². The summed E-state index contributed by atoms with van der Waals surface area (Å²) < 4.78 is 24.5. The van der Waals surface area contributed by atoms with Crippen LogP contribution in [0.2, 0.25) is 0 Å². The molecule has 11 heteroatoms. The highest BCUT2D eigenvalue weighted by Crippen LogP contribution is 2.44. The van der Waals surface area contributed by atoms with Gasteiger partial charge in [0.15, 0.2) is 5.82 Å². The van der Waals surface area contributed by atoms with Gasteiger partial charge in [0.05, 0.1) is 17.9 Å². The van der Waals surface area contributed by atoms with Crippen LogP contribution in [0.4, 0.5) is 19.7 Å². The van der Waals surface area contributed by atoms with Crippen molar-refractivity contribution in [3.8, 4) is 0 Å². The second kappa shape index (κ2) is 9.52. The number of aromatic nitrogens is 2. The molecule has 9 nitrogen and oxygen atoms in total. The number of imide groups is 1. The molecule has 4 rings (SSSR count). The SMILES string of the molecule is C[C@H]1C[C@@H](c2ccncc2NC(=O)c2ccc(F)c(Br)n2)C[C@@H]2[C@H]1OC(=O)N2C(=O)OC(C)(C)C. The molecule has 4 atom stereocenters. The van der Waals surface area contributed by atoms with E-state index in [1.807, 2.05) is 6.92 Å². The molecule has 2 aliphatic rings. The zero-order chi connectivity index (χ0) is 25.5. The number of anilines is 1. The number of nitrogens with zero attached hydrogens (tertiary/aromatic N) is 3. The van der Waals surface area contributed by atoms with Crippen molar-refractivity contribution in [2.75, 3.05) is 5.32 Å². The van der Waals surface area contributed by atoms with E-state index in [9.17, 15) is 18.8 Å². The van der Waals surface area contributed by atoms with Crippen LogP contribution in [0.25, 0.3) is 0 Å². The van der Waals surface area contributed by atoms with Gasteiger partial charge < -0.3 is 14.8 Å². The predicted octanol–water partition coefficient (Wildman–Crippen LogP) is 5.27. The lowest BCUT2D eigenvalue weighted by Crippen LogP contribution is -2.48. The second-order valence-corrected chi connectivity index (χ2v) is 10.5. The van der Waals surface area contributed by atoms with E-state index >= 15 is 0 Å². The quantitative estimate of drug-likeness (QED) is 0.520. The van der Waals surface area contributed by atoms with Crippen molar-refractivity contribution in [1.29, 1.82) is 0 Å². The van der Waals surface area contributed by atoms with Crippen molar-refractivity contribution in [3.05, 3.63) is 52.3 Å². The summed E-state index contributed by atoms with van der Waals surface area (Å²) in [5.41, 5.74) is 0.560. The van der Waals surface area contributed by atoms with Crippen LogP contribution in [-0.2, 0) is 9.47 Å². The number of carbonyl (C=O) groups is 3. The maximum Gasteiger partial charge on any atom is 0.420 e. The van der Waals surface area contributed by atoms with Crippen LogP contribution in [0.15, 0.2) is 35.2 Å². The van der Waals surface area contributed by atoms with Gasteiger partial charge in [-0.2, -0.15) is 0 Å². The molecule has 1 aliphatic carbocycles. The van der Waals surface area contributed by atoms with Gasteiger partial charge >= 0.3 is 12.2 Å². The number of halogens is 2. The van der Waals surface area contributed by atoms with Crippen molar-refractivity contribution in [1.82, 2.24) is 14.9 Å². The lowest BCUT2D eigenvalue weighted by molar-refractivity contribution is 0.0233. The average Bonchev–Trinajstić information content (AvgIpc) is 3.11. The molecule has 186 valence electrons. The minimum absolute atomic E-state index is 0.0380. The maximum absolute atomic E-state index is 13.5. The topological polar surface area (TPSA) is 111 Å². The monoisotopic (exact) mass is 548 g/mol. The summed E-state index contributed by atoms with van der Waals surface area (Å²) in [6.45, 7) is 7.17. The van der Waals surface area contributed by atoms with E-state index in [4.69, 9.17) is 9.47 Å². The molecule has 1 saturated carbocycles. The normalized spacial score (nSPS) is 23.9. The predicted molar refractivity (Wildman–Crippen MR) is 127 cm³/mol. The molecule has 0 bridgehead atoms. The summed E-state index contributed by atoms with van der Waals surface area (Å²) >= 11 is 2.99. The third kappa shape index (κ3) is 5.29. The van der Waals surface area contributed by atoms with Crippen LogP contribution >= 0.6 is 15.9 Å². The summed E-state index contributed by atoms with van der Waals surface area (Å²) in [5.74, 6) is -1.23. The Labute approximate surface area is 210 Å². The Balaban J connectivity index is 1.58. The summed E-state index contributed by atoms with van der Waals surface area (Å²) in [6.07, 6.45) is 2.38. The lowest BCUT2D eigenvalue weighted by atomic mass is 9.74. The van der Waals surface area contributed by atoms with Crippen molar-refractivity contribution in [3.63, 3.8) is 0 Å². The zero-order valence-electron chi connectivity index (χ0n) is 19.7. The fraction of sp³-hybridized carbons (Fsp3) is 0.458. The minimum Gasteiger partial charge on any atom is -0.443 e. The van der Waals surface area contributed by atoms with Gasteiger partial charge in [-0.3, -0.25) is 9.78 Å². The summed E-state index contributed by atoms with van der Waals surface area (Å²) in [7, 11) is 0. The first kappa shape index (κ1) is 25.0. The highest BCUT2D eigenvalue weighted by molar-refractivity contribution is 9.10. The highest BCUT2D eigenvalue weighted by atomic mass is 79.9. The fourth-order valence-corrected chi connectivity index (χ4v) is 4.93. The Bertz CT molecular complexity index is 1170. The third-order valence-electron chi connectivity index (χ3n) is 6.06. The number of amides is 3. The molecule has 0 aromatic carbocycles. The Hall–Kier alpha value is -3.08. The van der Waals surface area contributed by atoms with Crippen LogP contribution in [0.5, 0.6) is 0 Å². The molecule has 1 saturated heterocycles. The molecule has 1 N–H and O–H groups in total. The van der Waals surface area contributed by atoms with Crippen LogP contribution < -0.4 is 5.32 Å². The largest absolute Gasteiger partial charge is 0.443 e. The number of hydrogen-bond acceptors (Lipinski definition) is 7.